The van der Waals surface area contributed by atoms with Crippen molar-refractivity contribution in [2.45, 2.75) is 0 Å². The number of allylic oxidation sites excluding steroid dienone is 1. The van der Waals surface area contributed by atoms with Crippen molar-refractivity contribution >= 4 is 18.7 Å². The topological polar surface area (TPSA) is 40.5 Å². The smallest absolute Gasteiger partial charge is 0.415 e. The molecule has 1 heterocycles. The monoisotopic (exact) mass is 155 g/mol. The molecule has 0 unspecified atom stereocenters. The van der Waals surface area contributed by atoms with Gasteiger partial charge >= 0.3 is 6.09 Å². The van der Waals surface area contributed by atoms with E-state index >= 15 is 0 Å². The van der Waals surface area contributed by atoms with Crippen LogP contribution < -0.4 is 0 Å². The van der Waals surface area contributed by atoms with Gasteiger partial charge in [0.1, 0.15) is 0 Å². The molecule has 4 heteroatoms. The van der Waals surface area contributed by atoms with E-state index < -0.39 is 6.09 Å². The number of hydrogen-bond donors (Lipinski definition) is 2. The van der Waals surface area contributed by atoms with Gasteiger partial charge in [0, 0.05) is 11.1 Å². The predicted molar refractivity (Wildman–Crippen MR) is 39.6 cm³/mol. The molecule has 0 atom stereocenters. The fraction of sp³-hybridized carbons (Fsp3) is 0. The summed E-state index contributed by atoms with van der Waals surface area (Å²) >= 11 is 3.94. The van der Waals surface area contributed by atoms with Crippen molar-refractivity contribution in [1.29, 1.82) is 0 Å². The maximum atomic E-state index is 10.2. The summed E-state index contributed by atoms with van der Waals surface area (Å²) in [4.78, 5) is 11.9. The molecule has 1 N–H and O–H groups in total. The van der Waals surface area contributed by atoms with Crippen molar-refractivity contribution < 1.29 is 9.90 Å². The Kier molecular flexibility index (Phi) is 1.85. The summed E-state index contributed by atoms with van der Waals surface area (Å²) in [6.07, 6.45) is 3.24. The van der Waals surface area contributed by atoms with Crippen LogP contribution in [0, 0.1) is 0 Å². The molecule has 0 aromatic carbocycles. The number of amides is 1. The second-order valence-corrected chi connectivity index (χ2v) is 2.15. The molecule has 0 aromatic heterocycles. The summed E-state index contributed by atoms with van der Waals surface area (Å²) in [5.41, 5.74) is 2.63. The third kappa shape index (κ3) is 1.43. The molecule has 0 saturated carbocycles. The molecule has 0 fully saturated rings. The van der Waals surface area contributed by atoms with Gasteiger partial charge < -0.3 is 5.11 Å². The summed E-state index contributed by atoms with van der Waals surface area (Å²) in [6, 6.07) is 0. The molecule has 0 aliphatic carbocycles. The average molecular weight is 155 g/mol. The van der Waals surface area contributed by atoms with Crippen LogP contribution >= 0.6 is 12.6 Å². The van der Waals surface area contributed by atoms with Gasteiger partial charge in [0.2, 0.25) is 0 Å². The largest absolute Gasteiger partial charge is 0.464 e. The number of rotatable bonds is 0. The van der Waals surface area contributed by atoms with Crippen molar-refractivity contribution in [2.24, 2.45) is 0 Å². The number of carboxylic acid groups (broad SMARTS) is 1. The lowest BCUT2D eigenvalue weighted by Crippen LogP contribution is -2.17. The van der Waals surface area contributed by atoms with Crippen LogP contribution in [0.4, 0.5) is 4.79 Å². The minimum atomic E-state index is -1.02. The number of hydrogen-bond acceptors (Lipinski definition) is 2. The van der Waals surface area contributed by atoms with E-state index in [9.17, 15) is 4.79 Å². The summed E-state index contributed by atoms with van der Waals surface area (Å²) in [5, 5.41) is 8.39. The molecule has 0 aromatic rings. The van der Waals surface area contributed by atoms with Gasteiger partial charge in [-0.15, -0.1) is 12.6 Å². The van der Waals surface area contributed by atoms with Gasteiger partial charge in [-0.25, -0.2) is 4.79 Å². The zero-order valence-corrected chi connectivity index (χ0v) is 5.88. The molecule has 0 saturated heterocycles. The lowest BCUT2D eigenvalue weighted by atomic mass is 10.4. The quantitative estimate of drug-likeness (QED) is 0.410. The molecule has 0 spiro atoms. The summed E-state index contributed by atoms with van der Waals surface area (Å²) < 4.78 is 0. The standard InChI is InChI=1S/C6H5NO2S/c8-6(9)7-3-1-5(10)2-4-7/h1,3-4,10H,(H,8,9). The summed E-state index contributed by atoms with van der Waals surface area (Å²) in [6.45, 7) is 0. The first-order valence-corrected chi connectivity index (χ1v) is 3.00. The second-order valence-electron chi connectivity index (χ2n) is 1.66. The Morgan fingerprint density at radius 2 is 2.50 bits per heavy atom. The molecule has 1 aliphatic heterocycles. The first-order valence-electron chi connectivity index (χ1n) is 2.55. The van der Waals surface area contributed by atoms with Gasteiger partial charge in [0.05, 0.1) is 6.20 Å². The van der Waals surface area contributed by atoms with Crippen LogP contribution in [0.5, 0.6) is 0 Å². The normalized spacial score (nSPS) is 15.3. The van der Waals surface area contributed by atoms with E-state index in [1.807, 2.05) is 0 Å². The molecule has 1 aliphatic rings. The zero-order valence-electron chi connectivity index (χ0n) is 4.98. The summed E-state index contributed by atoms with van der Waals surface area (Å²) in [5.74, 6) is 0. The van der Waals surface area contributed by atoms with E-state index in [4.69, 9.17) is 5.11 Å². The lowest BCUT2D eigenvalue weighted by molar-refractivity contribution is 0.175. The van der Waals surface area contributed by atoms with Gasteiger partial charge in [-0.05, 0) is 6.08 Å². The highest BCUT2D eigenvalue weighted by Gasteiger charge is 2.04. The molecule has 1 rings (SSSR count). The van der Waals surface area contributed by atoms with Crippen LogP contribution in [0.15, 0.2) is 29.1 Å². The van der Waals surface area contributed by atoms with Crippen molar-refractivity contribution in [3.05, 3.63) is 29.1 Å². The van der Waals surface area contributed by atoms with E-state index in [0.29, 0.717) is 4.91 Å². The third-order valence-corrected chi connectivity index (χ3v) is 1.24. The van der Waals surface area contributed by atoms with Crippen LogP contribution in [-0.2, 0) is 0 Å². The van der Waals surface area contributed by atoms with Crippen LogP contribution in [-0.4, -0.2) is 16.1 Å². The van der Waals surface area contributed by atoms with E-state index in [1.165, 1.54) is 12.4 Å². The zero-order chi connectivity index (χ0) is 7.56. The van der Waals surface area contributed by atoms with Gasteiger partial charge in [0.15, 0.2) is 0 Å². The molecule has 0 bridgehead atoms. The molecular weight excluding hydrogens is 150 g/mol. The van der Waals surface area contributed by atoms with E-state index in [2.05, 4.69) is 18.4 Å². The molecule has 52 valence electrons. The van der Waals surface area contributed by atoms with Gasteiger partial charge in [-0.2, -0.15) is 0 Å². The molecule has 3 nitrogen and oxygen atoms in total. The summed E-state index contributed by atoms with van der Waals surface area (Å²) in [7, 11) is 0. The minimum absolute atomic E-state index is 0.623. The SMILES string of the molecule is O=C(O)N1C=C=C(S)C=C1. The predicted octanol–water partition coefficient (Wildman–Crippen LogP) is 1.42. The number of nitrogens with zero attached hydrogens (tertiary/aromatic N) is 1. The van der Waals surface area contributed by atoms with Crippen molar-refractivity contribution in [2.75, 3.05) is 0 Å². The van der Waals surface area contributed by atoms with E-state index in [-0.39, 0.29) is 0 Å². The molecule has 10 heavy (non-hydrogen) atoms. The fourth-order valence-corrected chi connectivity index (χ4v) is 0.621. The Labute approximate surface area is 63.4 Å². The van der Waals surface area contributed by atoms with Crippen LogP contribution in [0.2, 0.25) is 0 Å². The Morgan fingerprint density at radius 3 is 2.90 bits per heavy atom. The van der Waals surface area contributed by atoms with Crippen LogP contribution in [0.25, 0.3) is 0 Å². The van der Waals surface area contributed by atoms with E-state index in [0.717, 1.165) is 4.90 Å². The van der Waals surface area contributed by atoms with E-state index in [1.54, 1.807) is 6.08 Å². The van der Waals surface area contributed by atoms with Crippen LogP contribution in [0.3, 0.4) is 0 Å². The molecule has 0 radical (unpaired) electrons. The first kappa shape index (κ1) is 6.99. The van der Waals surface area contributed by atoms with Crippen molar-refractivity contribution in [3.63, 3.8) is 0 Å². The molecular formula is C6H5NO2S. The third-order valence-electron chi connectivity index (χ3n) is 0.965. The lowest BCUT2D eigenvalue weighted by Gasteiger charge is -2.08. The highest BCUT2D eigenvalue weighted by atomic mass is 32.1. The maximum Gasteiger partial charge on any atom is 0.415 e. The van der Waals surface area contributed by atoms with Crippen LogP contribution in [0.1, 0.15) is 0 Å². The first-order chi connectivity index (χ1) is 4.70. The van der Waals surface area contributed by atoms with Gasteiger partial charge in [-0.3, -0.25) is 4.90 Å². The second kappa shape index (κ2) is 2.64. The highest BCUT2D eigenvalue weighted by Crippen LogP contribution is 2.06. The van der Waals surface area contributed by atoms with Gasteiger partial charge in [0.25, 0.3) is 0 Å². The van der Waals surface area contributed by atoms with Crippen molar-refractivity contribution in [1.82, 2.24) is 4.90 Å². The minimum Gasteiger partial charge on any atom is -0.464 e. The maximum absolute atomic E-state index is 10.2. The average Bonchev–Trinajstić information content (AvgIpc) is 1.88. The van der Waals surface area contributed by atoms with Gasteiger partial charge in [-0.1, -0.05) is 5.73 Å². The Bertz CT molecular complexity index is 250. The highest BCUT2D eigenvalue weighted by molar-refractivity contribution is 7.84. The number of carbonyl (C=O) groups is 1. The Morgan fingerprint density at radius 1 is 1.80 bits per heavy atom. The van der Waals surface area contributed by atoms with Crippen molar-refractivity contribution in [3.8, 4) is 0 Å². The Hall–Kier alpha value is -1.12. The fourth-order valence-electron chi connectivity index (χ4n) is 0.497. The number of thiol groups is 1. The Balaban J connectivity index is 2.84. The molecule has 1 amide bonds.